The molecule has 1 atom stereocenters. The number of imidazole rings is 1. The van der Waals surface area contributed by atoms with Crippen molar-refractivity contribution in [3.63, 3.8) is 0 Å². The maximum absolute atomic E-state index is 13.5. The number of hydrogen-bond donors (Lipinski definition) is 0. The Hall–Kier alpha value is -3.78. The van der Waals surface area contributed by atoms with Gasteiger partial charge in [0.25, 0.3) is 0 Å². The molecule has 0 bridgehead atoms. The highest BCUT2D eigenvalue weighted by molar-refractivity contribution is 7.39. The van der Waals surface area contributed by atoms with Gasteiger partial charge in [-0.3, -0.25) is 0 Å². The van der Waals surface area contributed by atoms with Gasteiger partial charge in [0, 0.05) is 38.4 Å². The van der Waals surface area contributed by atoms with E-state index < -0.39 is 5.71 Å². The average Bonchev–Trinajstić information content (AvgIpc) is 3.28. The van der Waals surface area contributed by atoms with E-state index in [1.807, 2.05) is 46.6 Å². The first-order chi connectivity index (χ1) is 18.0. The number of anilines is 2. The van der Waals surface area contributed by atoms with E-state index in [2.05, 4.69) is 30.4 Å². The molecule has 0 N–H and O–H groups in total. The minimum atomic E-state index is -0.496. The summed E-state index contributed by atoms with van der Waals surface area (Å²) in [6, 6.07) is 16.6. The smallest absolute Gasteiger partial charge is 0.322 e. The second kappa shape index (κ2) is 11.1. The number of carbonyl (C=O) groups is 1. The number of hydrogen-bond acceptors (Lipinski definition) is 8. The van der Waals surface area contributed by atoms with Crippen LogP contribution in [0.5, 0.6) is 5.88 Å². The zero-order valence-electron chi connectivity index (χ0n) is 20.5. The van der Waals surface area contributed by atoms with Gasteiger partial charge in [0.05, 0.1) is 17.6 Å². The molecule has 1 aliphatic heterocycles. The van der Waals surface area contributed by atoms with Crippen molar-refractivity contribution in [2.24, 2.45) is 0 Å². The quantitative estimate of drug-likeness (QED) is 0.248. The Kier molecular flexibility index (Phi) is 7.46. The van der Waals surface area contributed by atoms with Crippen LogP contribution < -0.4 is 14.5 Å². The zero-order chi connectivity index (χ0) is 25.8. The molecular weight excluding hydrogens is 494 g/mol. The topological polar surface area (TPSA) is 85.6 Å². The number of ether oxygens (including phenoxy) is 2. The Morgan fingerprint density at radius 2 is 1.86 bits per heavy atom. The lowest BCUT2D eigenvalue weighted by molar-refractivity contribution is 0.0738. The van der Waals surface area contributed by atoms with E-state index in [9.17, 15) is 9.18 Å². The molecule has 192 valence electrons. The molecule has 1 saturated heterocycles. The van der Waals surface area contributed by atoms with Gasteiger partial charge in [0.15, 0.2) is 0 Å². The second-order valence-corrected chi connectivity index (χ2v) is 9.33. The number of halogens is 1. The number of piperidine rings is 1. The summed E-state index contributed by atoms with van der Waals surface area (Å²) in [4.78, 5) is 29.1. The van der Waals surface area contributed by atoms with Crippen molar-refractivity contribution in [2.45, 2.75) is 25.4 Å². The predicted octanol–water partition coefficient (Wildman–Crippen LogP) is 4.47. The van der Waals surface area contributed by atoms with E-state index in [1.54, 1.807) is 12.3 Å². The van der Waals surface area contributed by atoms with Gasteiger partial charge in [-0.25, -0.2) is 19.2 Å². The number of rotatable bonds is 8. The average molecular weight is 523 g/mol. The molecule has 2 aromatic heterocycles. The van der Waals surface area contributed by atoms with Crippen LogP contribution >= 0.6 is 9.24 Å². The van der Waals surface area contributed by atoms with Crippen molar-refractivity contribution >= 4 is 37.9 Å². The van der Waals surface area contributed by atoms with Crippen molar-refractivity contribution in [1.29, 1.82) is 0 Å². The van der Waals surface area contributed by atoms with E-state index in [0.29, 0.717) is 18.4 Å². The standard InChI is InChI=1S/C26H28FN6O3P/c1-31(24-28-13-10-23(30-24)35-17-36-26(34)37)20-11-14-32(15-12-20)25-29-21-4-2-3-5-22(21)33(25)16-18-6-8-19(27)9-7-18/h2-10,13,20H,11-12,14-17,37H2,1H3. The summed E-state index contributed by atoms with van der Waals surface area (Å²) in [7, 11) is 3.91. The van der Waals surface area contributed by atoms with Crippen LogP contribution in [0.4, 0.5) is 21.1 Å². The third kappa shape index (κ3) is 5.80. The van der Waals surface area contributed by atoms with Crippen LogP contribution in [0.3, 0.4) is 0 Å². The van der Waals surface area contributed by atoms with Crippen LogP contribution in [-0.4, -0.2) is 58.2 Å². The van der Waals surface area contributed by atoms with Gasteiger partial charge in [-0.1, -0.05) is 24.3 Å². The Morgan fingerprint density at radius 1 is 1.11 bits per heavy atom. The summed E-state index contributed by atoms with van der Waals surface area (Å²) >= 11 is 0. The van der Waals surface area contributed by atoms with Crippen LogP contribution in [0.2, 0.25) is 0 Å². The Labute approximate surface area is 216 Å². The molecule has 0 amide bonds. The molecule has 3 heterocycles. The minimum absolute atomic E-state index is 0.209. The fourth-order valence-corrected chi connectivity index (χ4v) is 4.65. The SMILES string of the molecule is CN(c1nccc(OCOC(=O)P)n1)C1CCN(c2nc3ccccc3n2Cc2ccc(F)cc2)CC1. The molecule has 2 aromatic carbocycles. The van der Waals surface area contributed by atoms with Crippen molar-refractivity contribution in [3.05, 3.63) is 72.2 Å². The van der Waals surface area contributed by atoms with Gasteiger partial charge >= 0.3 is 5.71 Å². The van der Waals surface area contributed by atoms with Crippen molar-refractivity contribution in [1.82, 2.24) is 19.5 Å². The summed E-state index contributed by atoms with van der Waals surface area (Å²) in [5, 5.41) is 0. The molecule has 1 fully saturated rings. The highest BCUT2D eigenvalue weighted by atomic mass is 31.0. The highest BCUT2D eigenvalue weighted by Crippen LogP contribution is 2.28. The van der Waals surface area contributed by atoms with Gasteiger partial charge in [-0.2, -0.15) is 4.98 Å². The largest absolute Gasteiger partial charge is 0.440 e. The van der Waals surface area contributed by atoms with Crippen LogP contribution in [-0.2, 0) is 11.3 Å². The van der Waals surface area contributed by atoms with Crippen molar-refractivity contribution in [2.75, 3.05) is 36.7 Å². The van der Waals surface area contributed by atoms with Gasteiger partial charge in [0.1, 0.15) is 5.82 Å². The van der Waals surface area contributed by atoms with E-state index >= 15 is 0 Å². The van der Waals surface area contributed by atoms with Crippen LogP contribution in [0.15, 0.2) is 60.8 Å². The Morgan fingerprint density at radius 3 is 2.62 bits per heavy atom. The van der Waals surface area contributed by atoms with Crippen LogP contribution in [0.25, 0.3) is 11.0 Å². The third-order valence-corrected chi connectivity index (χ3v) is 6.69. The zero-order valence-corrected chi connectivity index (χ0v) is 21.6. The van der Waals surface area contributed by atoms with E-state index in [1.165, 1.54) is 12.1 Å². The van der Waals surface area contributed by atoms with Crippen LogP contribution in [0.1, 0.15) is 18.4 Å². The molecule has 0 radical (unpaired) electrons. The summed E-state index contributed by atoms with van der Waals surface area (Å²) in [6.45, 7) is 2.05. The van der Waals surface area contributed by atoms with Crippen molar-refractivity contribution in [3.8, 4) is 5.88 Å². The summed E-state index contributed by atoms with van der Waals surface area (Å²) in [6.07, 6.45) is 3.42. The molecule has 0 spiro atoms. The van der Waals surface area contributed by atoms with Crippen LogP contribution in [0, 0.1) is 5.82 Å². The van der Waals surface area contributed by atoms with E-state index in [-0.39, 0.29) is 18.7 Å². The number of carbonyl (C=O) groups excluding carboxylic acids is 1. The van der Waals surface area contributed by atoms with E-state index in [4.69, 9.17) is 14.5 Å². The maximum atomic E-state index is 13.5. The normalized spacial score (nSPS) is 14.1. The fourth-order valence-electron chi connectivity index (χ4n) is 4.58. The minimum Gasteiger partial charge on any atom is -0.440 e. The molecule has 37 heavy (non-hydrogen) atoms. The monoisotopic (exact) mass is 522 g/mol. The first-order valence-electron chi connectivity index (χ1n) is 12.0. The first kappa shape index (κ1) is 24.9. The molecule has 5 rings (SSSR count). The molecule has 0 aliphatic carbocycles. The first-order valence-corrected chi connectivity index (χ1v) is 12.6. The summed E-state index contributed by atoms with van der Waals surface area (Å²) in [5.74, 6) is 1.57. The predicted molar refractivity (Wildman–Crippen MR) is 143 cm³/mol. The highest BCUT2D eigenvalue weighted by Gasteiger charge is 2.27. The lowest BCUT2D eigenvalue weighted by Crippen LogP contribution is -2.44. The molecule has 11 heteroatoms. The van der Waals surface area contributed by atoms with Gasteiger partial charge in [-0.15, -0.1) is 0 Å². The molecular formula is C26H28FN6O3P. The van der Waals surface area contributed by atoms with Gasteiger partial charge < -0.3 is 23.8 Å². The number of nitrogens with zero attached hydrogens (tertiary/aromatic N) is 6. The lowest BCUT2D eigenvalue weighted by Gasteiger charge is -2.37. The van der Waals surface area contributed by atoms with E-state index in [0.717, 1.165) is 48.5 Å². The maximum Gasteiger partial charge on any atom is 0.322 e. The number of aromatic nitrogens is 4. The lowest BCUT2D eigenvalue weighted by atomic mass is 10.0. The van der Waals surface area contributed by atoms with Gasteiger partial charge in [-0.05, 0) is 51.9 Å². The Bertz CT molecular complexity index is 1370. The molecule has 4 aromatic rings. The third-order valence-electron chi connectivity index (χ3n) is 6.52. The number of fused-ring (bicyclic) bond motifs is 1. The molecule has 9 nitrogen and oxygen atoms in total. The number of para-hydroxylation sites is 2. The van der Waals surface area contributed by atoms with Gasteiger partial charge in [0.2, 0.25) is 24.6 Å². The van der Waals surface area contributed by atoms with Crippen molar-refractivity contribution < 1.29 is 18.7 Å². The number of benzene rings is 2. The molecule has 1 aliphatic rings. The molecule has 1 unspecified atom stereocenters. The second-order valence-electron chi connectivity index (χ2n) is 8.86. The molecule has 0 saturated carbocycles. The summed E-state index contributed by atoms with van der Waals surface area (Å²) < 4.78 is 25.8. The Balaban J connectivity index is 1.29. The fraction of sp³-hybridized carbons (Fsp3) is 0.308. The summed E-state index contributed by atoms with van der Waals surface area (Å²) in [5.41, 5.74) is 2.52.